The first kappa shape index (κ1) is 17.5. The number of carboxylic acid groups (broad SMARTS) is 2. The molecule has 0 aliphatic carbocycles. The molecule has 0 spiro atoms. The molecule has 0 aromatic rings. The van der Waals surface area contributed by atoms with Crippen molar-refractivity contribution < 1.29 is 47.5 Å². The van der Waals surface area contributed by atoms with Crippen molar-refractivity contribution in [2.45, 2.75) is 10.9 Å². The van der Waals surface area contributed by atoms with Gasteiger partial charge in [-0.1, -0.05) is 0 Å². The summed E-state index contributed by atoms with van der Waals surface area (Å²) in [5.41, 5.74) is -4.37. The minimum Gasteiger partial charge on any atom is -0.479 e. The molecule has 4 unspecified atom stereocenters. The van der Waals surface area contributed by atoms with Crippen LogP contribution in [0.3, 0.4) is 0 Å². The molecule has 0 aromatic carbocycles. The Morgan fingerprint density at radius 3 is 1.00 bits per heavy atom. The van der Waals surface area contributed by atoms with Gasteiger partial charge in [-0.15, -0.1) is 0 Å². The summed E-state index contributed by atoms with van der Waals surface area (Å²) in [7, 11) is 0. The number of carboxylic acids is 2. The van der Waals surface area contributed by atoms with E-state index in [9.17, 15) is 18.0 Å². The minimum absolute atomic E-state index is 1.70. The Balaban J connectivity index is 0. The van der Waals surface area contributed by atoms with Gasteiger partial charge in [0.1, 0.15) is 0 Å². The summed E-state index contributed by atoms with van der Waals surface area (Å²) in [6.45, 7) is 0. The highest BCUT2D eigenvalue weighted by Crippen LogP contribution is 1.85. The zero-order valence-electron chi connectivity index (χ0n) is 7.29. The summed E-state index contributed by atoms with van der Waals surface area (Å²) in [6, 6.07) is 0. The van der Waals surface area contributed by atoms with Crippen LogP contribution in [0.15, 0.2) is 0 Å². The lowest BCUT2D eigenvalue weighted by Crippen LogP contribution is -2.23. The number of rotatable bonds is 4. The maximum absolute atomic E-state index is 9.62. The van der Waals surface area contributed by atoms with Gasteiger partial charge >= 0.3 is 11.9 Å². The summed E-state index contributed by atoms with van der Waals surface area (Å²) in [4.78, 5) is 19.1. The van der Waals surface area contributed by atoms with E-state index in [1.165, 1.54) is 0 Å². The predicted molar refractivity (Wildman–Crippen MR) is 48.8 cm³/mol. The summed E-state index contributed by atoms with van der Waals surface area (Å²) < 4.78 is 34.9. The van der Waals surface area contributed by atoms with Crippen LogP contribution in [0.5, 0.6) is 0 Å². The highest BCUT2D eigenvalue weighted by molar-refractivity contribution is 7.80. The molecule has 0 saturated heterocycles. The fourth-order valence-corrected chi connectivity index (χ4v) is 0.517. The zero-order valence-corrected chi connectivity index (χ0v) is 8.92. The van der Waals surface area contributed by atoms with Gasteiger partial charge in [0.15, 0.2) is 22.2 Å². The van der Waals surface area contributed by atoms with E-state index in [4.69, 9.17) is 29.5 Å². The first-order chi connectivity index (χ1) is 7.11. The smallest absolute Gasteiger partial charge is 0.348 e. The molecular weight excluding hydrogens is 272 g/mol. The minimum atomic E-state index is -2.68. The molecule has 0 rings (SSSR count). The molecule has 16 heavy (non-hydrogen) atoms. The summed E-state index contributed by atoms with van der Waals surface area (Å²) >= 11 is -5.37. The topological polar surface area (TPSA) is 190 Å². The Morgan fingerprint density at radius 1 is 0.812 bits per heavy atom. The molecular formula is C4H8O10S2. The molecule has 96 valence electrons. The van der Waals surface area contributed by atoms with Crippen molar-refractivity contribution in [1.82, 2.24) is 0 Å². The molecule has 4 atom stereocenters. The number of hydrogen-bond acceptors (Lipinski definition) is 6. The van der Waals surface area contributed by atoms with E-state index in [-0.39, 0.29) is 0 Å². The fourth-order valence-electron chi connectivity index (χ4n) is 0.172. The summed E-state index contributed by atoms with van der Waals surface area (Å²) in [5.74, 6) is -3.41. The lowest BCUT2D eigenvalue weighted by atomic mass is 10.7. The van der Waals surface area contributed by atoms with E-state index >= 15 is 0 Å². The highest BCUT2D eigenvalue weighted by Gasteiger charge is 2.19. The Morgan fingerprint density at radius 2 is 1.00 bits per heavy atom. The summed E-state index contributed by atoms with van der Waals surface area (Å²) in [5, 5.41) is 31.6. The van der Waals surface area contributed by atoms with Crippen LogP contribution < -0.4 is 0 Å². The number of aliphatic hydroxyl groups is 2. The van der Waals surface area contributed by atoms with Crippen LogP contribution >= 0.6 is 0 Å². The van der Waals surface area contributed by atoms with Gasteiger partial charge in [-0.2, -0.15) is 0 Å². The number of aliphatic hydroxyl groups excluding tert-OH is 2. The molecule has 0 aliphatic rings. The molecule has 0 aromatic heterocycles. The molecule has 0 fully saturated rings. The van der Waals surface area contributed by atoms with E-state index < -0.39 is 45.0 Å². The Labute approximate surface area is 93.1 Å². The number of hydrogen-bond donors (Lipinski definition) is 6. The van der Waals surface area contributed by atoms with Crippen LogP contribution in [0.1, 0.15) is 0 Å². The zero-order chi connectivity index (χ0) is 13.5. The molecule has 0 bridgehead atoms. The van der Waals surface area contributed by atoms with Gasteiger partial charge in [-0.25, -0.2) is 18.0 Å². The molecule has 6 N–H and O–H groups in total. The second-order valence-corrected chi connectivity index (χ2v) is 3.93. The van der Waals surface area contributed by atoms with Crippen LogP contribution in [0.25, 0.3) is 0 Å². The van der Waals surface area contributed by atoms with E-state index in [1.807, 2.05) is 0 Å². The van der Waals surface area contributed by atoms with Crippen molar-refractivity contribution in [3.05, 3.63) is 0 Å². The van der Waals surface area contributed by atoms with E-state index in [2.05, 4.69) is 0 Å². The highest BCUT2D eigenvalue weighted by atomic mass is 32.2. The average Bonchev–Trinajstić information content (AvgIpc) is 2.15. The van der Waals surface area contributed by atoms with Gasteiger partial charge in [0.05, 0.1) is 0 Å². The quantitative estimate of drug-likeness (QED) is 0.294. The van der Waals surface area contributed by atoms with Gasteiger partial charge in [-0.05, 0) is 0 Å². The molecule has 12 heteroatoms. The second kappa shape index (κ2) is 8.26. The molecule has 0 heterocycles. The van der Waals surface area contributed by atoms with Crippen molar-refractivity contribution in [3.8, 4) is 0 Å². The maximum atomic E-state index is 9.62. The first-order valence-electron chi connectivity index (χ1n) is 3.12. The Hall–Kier alpha value is -0.920. The lowest BCUT2D eigenvalue weighted by molar-refractivity contribution is -0.143. The van der Waals surface area contributed by atoms with Gasteiger partial charge in [-0.3, -0.25) is 0 Å². The summed E-state index contributed by atoms with van der Waals surface area (Å²) in [6.07, 6.45) is 0. The maximum Gasteiger partial charge on any atom is 0.348 e. The molecule has 0 amide bonds. The molecule has 0 saturated carbocycles. The third kappa shape index (κ3) is 8.39. The SMILES string of the molecule is O=C(O)C(O)S(=O)O.O=C(O)C(O)S(=O)O. The Kier molecular flexibility index (Phi) is 9.02. The van der Waals surface area contributed by atoms with Crippen molar-refractivity contribution in [1.29, 1.82) is 0 Å². The molecule has 10 nitrogen and oxygen atoms in total. The van der Waals surface area contributed by atoms with Crippen molar-refractivity contribution in [2.24, 2.45) is 0 Å². The normalized spacial score (nSPS) is 17.2. The predicted octanol–water partition coefficient (Wildman–Crippen LogP) is -2.78. The first-order valence-corrected chi connectivity index (χ1v) is 5.46. The van der Waals surface area contributed by atoms with E-state index in [1.54, 1.807) is 0 Å². The Bertz CT molecular complexity index is 241. The van der Waals surface area contributed by atoms with Crippen molar-refractivity contribution in [2.75, 3.05) is 0 Å². The van der Waals surface area contributed by atoms with Crippen LogP contribution in [0, 0.1) is 0 Å². The fraction of sp³-hybridized carbons (Fsp3) is 0.500. The largest absolute Gasteiger partial charge is 0.479 e. The monoisotopic (exact) mass is 280 g/mol. The van der Waals surface area contributed by atoms with Crippen molar-refractivity contribution >= 4 is 34.1 Å². The van der Waals surface area contributed by atoms with Gasteiger partial charge in [0, 0.05) is 0 Å². The standard InChI is InChI=1S/2C2H4O5S/c2*3-1(4)2(5)8(6)7/h2*2,5H,(H,3,4)(H,6,7). The van der Waals surface area contributed by atoms with Crippen LogP contribution in [0.4, 0.5) is 0 Å². The van der Waals surface area contributed by atoms with E-state index in [0.717, 1.165) is 0 Å². The van der Waals surface area contributed by atoms with Gasteiger partial charge in [0.2, 0.25) is 0 Å². The van der Waals surface area contributed by atoms with Gasteiger partial charge < -0.3 is 29.5 Å². The second-order valence-electron chi connectivity index (χ2n) is 1.93. The number of aliphatic carboxylic acids is 2. The van der Waals surface area contributed by atoms with Crippen LogP contribution in [0.2, 0.25) is 0 Å². The third-order valence-electron chi connectivity index (χ3n) is 0.804. The number of carbonyl (C=O) groups is 2. The van der Waals surface area contributed by atoms with Crippen LogP contribution in [-0.2, 0) is 31.7 Å². The van der Waals surface area contributed by atoms with E-state index in [0.29, 0.717) is 0 Å². The third-order valence-corrected chi connectivity index (χ3v) is 1.97. The van der Waals surface area contributed by atoms with Crippen LogP contribution in [-0.4, -0.2) is 60.8 Å². The average molecular weight is 280 g/mol. The van der Waals surface area contributed by atoms with Gasteiger partial charge in [0.25, 0.3) is 10.9 Å². The van der Waals surface area contributed by atoms with Crippen molar-refractivity contribution in [3.63, 3.8) is 0 Å². The molecule has 0 aliphatic heterocycles. The lowest BCUT2D eigenvalue weighted by Gasteiger charge is -1.94. The molecule has 0 radical (unpaired) electrons.